The summed E-state index contributed by atoms with van der Waals surface area (Å²) in [5.41, 5.74) is 6.26. The van der Waals surface area contributed by atoms with Crippen LogP contribution in [0.5, 0.6) is 0 Å². The van der Waals surface area contributed by atoms with E-state index in [1.54, 1.807) is 24.4 Å². The van der Waals surface area contributed by atoms with Gasteiger partial charge < -0.3 is 11.1 Å². The number of anilines is 1. The summed E-state index contributed by atoms with van der Waals surface area (Å²) in [7, 11) is 0. The molecule has 18 heavy (non-hydrogen) atoms. The molecule has 1 heterocycles. The topological polar surface area (TPSA) is 68.0 Å². The number of nitrogens with one attached hydrogen (secondary N) is 1. The molecule has 7 heteroatoms. The molecule has 2 rings (SSSR count). The van der Waals surface area contributed by atoms with Crippen LogP contribution in [-0.4, -0.2) is 10.9 Å². The number of halogens is 2. The molecule has 1 amide bonds. The maximum absolute atomic E-state index is 11.1. The van der Waals surface area contributed by atoms with Crippen molar-refractivity contribution in [2.75, 3.05) is 5.32 Å². The summed E-state index contributed by atoms with van der Waals surface area (Å²) < 4.78 is 0.640. The molecule has 0 bridgehead atoms. The smallest absolute Gasteiger partial charge is 0.250 e. The molecule has 0 unspecified atom stereocenters. The molecule has 0 spiro atoms. The van der Waals surface area contributed by atoms with Crippen molar-refractivity contribution in [3.8, 4) is 0 Å². The Morgan fingerprint density at radius 2 is 2.22 bits per heavy atom. The molecule has 2 aromatic rings. The average molecular weight is 302 g/mol. The highest BCUT2D eigenvalue weighted by Gasteiger charge is 2.07. The van der Waals surface area contributed by atoms with Crippen molar-refractivity contribution in [2.45, 2.75) is 6.54 Å². The first-order valence-electron chi connectivity index (χ1n) is 4.99. The molecule has 3 N–H and O–H groups in total. The number of rotatable bonds is 4. The predicted octanol–water partition coefficient (Wildman–Crippen LogP) is 3.16. The van der Waals surface area contributed by atoms with Gasteiger partial charge >= 0.3 is 0 Å². The zero-order valence-corrected chi connectivity index (χ0v) is 11.4. The first kappa shape index (κ1) is 13.1. The van der Waals surface area contributed by atoms with Crippen LogP contribution in [-0.2, 0) is 6.54 Å². The zero-order valence-electron chi connectivity index (χ0n) is 9.11. The van der Waals surface area contributed by atoms with Gasteiger partial charge in [0.2, 0.25) is 5.91 Å². The molecule has 0 aliphatic heterocycles. The summed E-state index contributed by atoms with van der Waals surface area (Å²) in [6, 6.07) is 5.00. The summed E-state index contributed by atoms with van der Waals surface area (Å²) >= 11 is 13.0. The molecule has 0 saturated carbocycles. The first-order chi connectivity index (χ1) is 8.56. The number of hydrogen-bond donors (Lipinski definition) is 2. The highest BCUT2D eigenvalue weighted by molar-refractivity contribution is 7.15. The lowest BCUT2D eigenvalue weighted by molar-refractivity contribution is 0.100. The van der Waals surface area contributed by atoms with Gasteiger partial charge in [-0.05, 0) is 18.2 Å². The molecule has 94 valence electrons. The zero-order chi connectivity index (χ0) is 13.1. The number of nitrogens with zero attached hydrogens (tertiary/aromatic N) is 1. The monoisotopic (exact) mass is 301 g/mol. The van der Waals surface area contributed by atoms with E-state index < -0.39 is 5.91 Å². The van der Waals surface area contributed by atoms with Gasteiger partial charge in [0.05, 0.1) is 23.3 Å². The molecule has 0 radical (unpaired) electrons. The van der Waals surface area contributed by atoms with Crippen molar-refractivity contribution in [3.05, 3.63) is 44.3 Å². The number of amides is 1. The van der Waals surface area contributed by atoms with E-state index in [4.69, 9.17) is 28.9 Å². The number of hydrogen-bond acceptors (Lipinski definition) is 4. The molecule has 0 atom stereocenters. The van der Waals surface area contributed by atoms with Crippen LogP contribution in [0.15, 0.2) is 24.4 Å². The van der Waals surface area contributed by atoms with Crippen molar-refractivity contribution >= 4 is 46.1 Å². The van der Waals surface area contributed by atoms with Crippen LogP contribution >= 0.6 is 34.5 Å². The van der Waals surface area contributed by atoms with Crippen LogP contribution in [0.3, 0.4) is 0 Å². The maximum Gasteiger partial charge on any atom is 0.250 e. The Kier molecular flexibility index (Phi) is 4.06. The number of nitrogens with two attached hydrogens (primary N) is 1. The number of carbonyl (C=O) groups is 1. The van der Waals surface area contributed by atoms with Crippen LogP contribution in [0.25, 0.3) is 0 Å². The Hall–Kier alpha value is -1.30. The van der Waals surface area contributed by atoms with E-state index in [0.717, 1.165) is 10.7 Å². The van der Waals surface area contributed by atoms with Crippen molar-refractivity contribution in [2.24, 2.45) is 5.73 Å². The van der Waals surface area contributed by atoms with E-state index in [2.05, 4.69) is 10.3 Å². The fraction of sp³-hybridized carbons (Fsp3) is 0.0909. The molecule has 0 aliphatic carbocycles. The summed E-state index contributed by atoms with van der Waals surface area (Å²) in [6.45, 7) is 0.525. The maximum atomic E-state index is 11.1. The van der Waals surface area contributed by atoms with Gasteiger partial charge in [-0.3, -0.25) is 4.79 Å². The van der Waals surface area contributed by atoms with Gasteiger partial charge in [0.1, 0.15) is 9.34 Å². The SMILES string of the molecule is NC(=O)c1cc(NCc2ncc(Cl)s2)ccc1Cl. The lowest BCUT2D eigenvalue weighted by atomic mass is 10.2. The molecule has 4 nitrogen and oxygen atoms in total. The van der Waals surface area contributed by atoms with Gasteiger partial charge in [-0.15, -0.1) is 11.3 Å². The second kappa shape index (κ2) is 5.56. The third-order valence-corrected chi connectivity index (χ3v) is 3.65. The van der Waals surface area contributed by atoms with Gasteiger partial charge in [-0.2, -0.15) is 0 Å². The Morgan fingerprint density at radius 3 is 2.83 bits per heavy atom. The van der Waals surface area contributed by atoms with Crippen molar-refractivity contribution in [1.29, 1.82) is 0 Å². The minimum atomic E-state index is -0.555. The summed E-state index contributed by atoms with van der Waals surface area (Å²) in [5, 5.41) is 4.31. The van der Waals surface area contributed by atoms with Crippen LogP contribution in [0.2, 0.25) is 9.36 Å². The third kappa shape index (κ3) is 3.13. The van der Waals surface area contributed by atoms with E-state index in [9.17, 15) is 4.79 Å². The Bertz CT molecular complexity index is 585. The van der Waals surface area contributed by atoms with Gasteiger partial charge in [-0.1, -0.05) is 23.2 Å². The van der Waals surface area contributed by atoms with E-state index in [1.165, 1.54) is 11.3 Å². The Labute approximate surface area is 118 Å². The molecular weight excluding hydrogens is 293 g/mol. The van der Waals surface area contributed by atoms with Crippen molar-refractivity contribution < 1.29 is 4.79 Å². The lowest BCUT2D eigenvalue weighted by Crippen LogP contribution is -2.12. The van der Waals surface area contributed by atoms with Crippen LogP contribution < -0.4 is 11.1 Å². The predicted molar refractivity (Wildman–Crippen MR) is 74.4 cm³/mol. The number of aromatic nitrogens is 1. The molecule has 1 aromatic carbocycles. The third-order valence-electron chi connectivity index (χ3n) is 2.20. The van der Waals surface area contributed by atoms with E-state index in [-0.39, 0.29) is 0 Å². The highest BCUT2D eigenvalue weighted by Crippen LogP contribution is 2.22. The number of benzene rings is 1. The standard InChI is InChI=1S/C11H9Cl2N3OS/c12-8-2-1-6(3-7(8)11(14)17)15-5-10-16-4-9(13)18-10/h1-4,15H,5H2,(H2,14,17). The molecule has 0 aliphatic rings. The van der Waals surface area contributed by atoms with Crippen molar-refractivity contribution in [1.82, 2.24) is 4.98 Å². The Morgan fingerprint density at radius 1 is 1.44 bits per heavy atom. The van der Waals surface area contributed by atoms with Crippen LogP contribution in [0.4, 0.5) is 5.69 Å². The first-order valence-corrected chi connectivity index (χ1v) is 6.57. The van der Waals surface area contributed by atoms with E-state index in [1.807, 2.05) is 0 Å². The molecule has 0 saturated heterocycles. The summed E-state index contributed by atoms with van der Waals surface area (Å²) in [4.78, 5) is 15.2. The minimum absolute atomic E-state index is 0.291. The highest BCUT2D eigenvalue weighted by atomic mass is 35.5. The summed E-state index contributed by atoms with van der Waals surface area (Å²) in [5.74, 6) is -0.555. The van der Waals surface area contributed by atoms with Crippen molar-refractivity contribution in [3.63, 3.8) is 0 Å². The fourth-order valence-electron chi connectivity index (χ4n) is 1.37. The lowest BCUT2D eigenvalue weighted by Gasteiger charge is -2.06. The largest absolute Gasteiger partial charge is 0.379 e. The van der Waals surface area contributed by atoms with Gasteiger partial charge in [0, 0.05) is 5.69 Å². The molecular formula is C11H9Cl2N3OS. The second-order valence-corrected chi connectivity index (χ2v) is 5.62. The fourth-order valence-corrected chi connectivity index (χ4v) is 2.48. The number of carbonyl (C=O) groups excluding carboxylic acids is 1. The summed E-state index contributed by atoms with van der Waals surface area (Å²) in [6.07, 6.45) is 1.60. The van der Waals surface area contributed by atoms with Crippen LogP contribution in [0, 0.1) is 0 Å². The Balaban J connectivity index is 2.10. The van der Waals surface area contributed by atoms with E-state index >= 15 is 0 Å². The van der Waals surface area contributed by atoms with Gasteiger partial charge in [0.25, 0.3) is 0 Å². The minimum Gasteiger partial charge on any atom is -0.379 e. The van der Waals surface area contributed by atoms with Gasteiger partial charge in [-0.25, -0.2) is 4.98 Å². The molecule has 1 aromatic heterocycles. The average Bonchev–Trinajstić information content (AvgIpc) is 2.74. The van der Waals surface area contributed by atoms with Crippen LogP contribution in [0.1, 0.15) is 15.4 Å². The normalized spacial score (nSPS) is 10.3. The number of primary amides is 1. The molecule has 0 fully saturated rings. The van der Waals surface area contributed by atoms with Gasteiger partial charge in [0.15, 0.2) is 0 Å². The van der Waals surface area contributed by atoms with E-state index in [0.29, 0.717) is 21.5 Å². The second-order valence-electron chi connectivity index (χ2n) is 3.47. The quantitative estimate of drug-likeness (QED) is 0.911. The number of thiazole rings is 1.